The fourth-order valence-corrected chi connectivity index (χ4v) is 4.07. The number of aryl methyl sites for hydroxylation is 2. The van der Waals surface area contributed by atoms with Crippen molar-refractivity contribution < 1.29 is 4.74 Å². The van der Waals surface area contributed by atoms with Crippen molar-refractivity contribution in [3.63, 3.8) is 0 Å². The summed E-state index contributed by atoms with van der Waals surface area (Å²) in [6.07, 6.45) is 1.92. The summed E-state index contributed by atoms with van der Waals surface area (Å²) in [4.78, 5) is 5.58. The number of ether oxygens (including phenoxy) is 1. The van der Waals surface area contributed by atoms with Crippen LogP contribution in [0.3, 0.4) is 0 Å². The summed E-state index contributed by atoms with van der Waals surface area (Å²) in [5, 5.41) is 6.80. The molecule has 0 aliphatic heterocycles. The first-order chi connectivity index (χ1) is 13.4. The maximum atomic E-state index is 5.55. The highest BCUT2D eigenvalue weighted by molar-refractivity contribution is 7.07. The molecule has 0 radical (unpaired) electrons. The van der Waals surface area contributed by atoms with Crippen molar-refractivity contribution >= 4 is 17.6 Å². The van der Waals surface area contributed by atoms with Crippen molar-refractivity contribution in [2.45, 2.75) is 47.6 Å². The largest absolute Gasteiger partial charge is 0.494 e. The standard InChI is InChI=1S/C22H28N4OS/c1-7-27-21-10-8-20(9-11-21)25-16(4)12-19(18(25)6)13-23-26-17(5)14-28-22(26)24-15(2)3/h8-15H,7H2,1-6H3. The number of aromatic nitrogens is 2. The SMILES string of the molecule is CCOc1ccc(-n2c(C)cc(C=Nn3c(C)csc3=NC(C)C)c2C)cc1. The highest BCUT2D eigenvalue weighted by Gasteiger charge is 2.10. The maximum absolute atomic E-state index is 5.55. The number of benzene rings is 1. The van der Waals surface area contributed by atoms with E-state index >= 15 is 0 Å². The van der Waals surface area contributed by atoms with Crippen molar-refractivity contribution in [3.8, 4) is 11.4 Å². The Labute approximate surface area is 170 Å². The van der Waals surface area contributed by atoms with E-state index in [-0.39, 0.29) is 6.04 Å². The molecule has 0 N–H and O–H groups in total. The Balaban J connectivity index is 1.95. The second-order valence-electron chi connectivity index (χ2n) is 7.03. The van der Waals surface area contributed by atoms with Gasteiger partial charge in [-0.25, -0.2) is 4.68 Å². The lowest BCUT2D eigenvalue weighted by Crippen LogP contribution is -2.14. The Morgan fingerprint density at radius 3 is 2.46 bits per heavy atom. The molecule has 28 heavy (non-hydrogen) atoms. The van der Waals surface area contributed by atoms with Crippen LogP contribution in [-0.2, 0) is 0 Å². The zero-order valence-electron chi connectivity index (χ0n) is 17.4. The Morgan fingerprint density at radius 2 is 1.82 bits per heavy atom. The van der Waals surface area contributed by atoms with Gasteiger partial charge in [0.2, 0.25) is 4.80 Å². The Hall–Kier alpha value is -2.60. The van der Waals surface area contributed by atoms with Crippen LogP contribution in [-0.4, -0.2) is 28.1 Å². The van der Waals surface area contributed by atoms with Crippen molar-refractivity contribution in [1.29, 1.82) is 0 Å². The van der Waals surface area contributed by atoms with Crippen LogP contribution in [0, 0.1) is 20.8 Å². The van der Waals surface area contributed by atoms with Crippen LogP contribution < -0.4 is 9.54 Å². The normalized spacial score (nSPS) is 12.5. The second-order valence-corrected chi connectivity index (χ2v) is 7.86. The van der Waals surface area contributed by atoms with Crippen LogP contribution in [0.25, 0.3) is 5.69 Å². The topological polar surface area (TPSA) is 43.8 Å². The molecule has 0 saturated carbocycles. The zero-order valence-corrected chi connectivity index (χ0v) is 18.2. The zero-order chi connectivity index (χ0) is 20.3. The molecule has 0 unspecified atom stereocenters. The van der Waals surface area contributed by atoms with E-state index in [0.29, 0.717) is 6.61 Å². The van der Waals surface area contributed by atoms with Gasteiger partial charge in [0.05, 0.1) is 18.5 Å². The van der Waals surface area contributed by atoms with Crippen LogP contribution in [0.2, 0.25) is 0 Å². The molecule has 0 amide bonds. The molecule has 2 heterocycles. The second kappa shape index (κ2) is 8.61. The molecule has 2 aromatic heterocycles. The number of thiazole rings is 1. The Bertz CT molecular complexity index is 1040. The average molecular weight is 397 g/mol. The first-order valence-corrected chi connectivity index (χ1v) is 10.5. The summed E-state index contributed by atoms with van der Waals surface area (Å²) < 4.78 is 9.70. The first kappa shape index (κ1) is 20.1. The summed E-state index contributed by atoms with van der Waals surface area (Å²) >= 11 is 1.62. The number of nitrogens with zero attached hydrogens (tertiary/aromatic N) is 4. The summed E-state index contributed by atoms with van der Waals surface area (Å²) in [5.74, 6) is 0.890. The van der Waals surface area contributed by atoms with Crippen LogP contribution in [0.4, 0.5) is 0 Å². The summed E-state index contributed by atoms with van der Waals surface area (Å²) in [5.41, 5.74) is 5.62. The van der Waals surface area contributed by atoms with Crippen molar-refractivity contribution in [1.82, 2.24) is 9.24 Å². The van der Waals surface area contributed by atoms with Gasteiger partial charge in [-0.3, -0.25) is 4.99 Å². The Kier molecular flexibility index (Phi) is 6.19. The van der Waals surface area contributed by atoms with Gasteiger partial charge in [0.1, 0.15) is 5.75 Å². The highest BCUT2D eigenvalue weighted by atomic mass is 32.1. The summed E-state index contributed by atoms with van der Waals surface area (Å²) in [6.45, 7) is 13.1. The number of hydrogen-bond donors (Lipinski definition) is 0. The molecule has 0 aliphatic carbocycles. The molecule has 0 fully saturated rings. The third kappa shape index (κ3) is 4.28. The van der Waals surface area contributed by atoms with E-state index in [4.69, 9.17) is 9.84 Å². The van der Waals surface area contributed by atoms with E-state index in [9.17, 15) is 0 Å². The van der Waals surface area contributed by atoms with E-state index < -0.39 is 0 Å². The van der Waals surface area contributed by atoms with Crippen LogP contribution in [0.5, 0.6) is 5.75 Å². The maximum Gasteiger partial charge on any atom is 0.206 e. The van der Waals surface area contributed by atoms with Gasteiger partial charge in [-0.1, -0.05) is 0 Å². The molecular weight excluding hydrogens is 368 g/mol. The first-order valence-electron chi connectivity index (χ1n) is 9.58. The van der Waals surface area contributed by atoms with Crippen LogP contribution in [0.15, 0.2) is 45.8 Å². The molecule has 5 nitrogen and oxygen atoms in total. The molecule has 0 atom stereocenters. The van der Waals surface area contributed by atoms with Crippen LogP contribution >= 0.6 is 11.3 Å². The quantitative estimate of drug-likeness (QED) is 0.549. The van der Waals surface area contributed by atoms with Gasteiger partial charge in [0.25, 0.3) is 0 Å². The van der Waals surface area contributed by atoms with Crippen molar-refractivity contribution in [2.24, 2.45) is 10.1 Å². The average Bonchev–Trinajstić information content (AvgIpc) is 3.13. The number of rotatable bonds is 6. The lowest BCUT2D eigenvalue weighted by atomic mass is 10.2. The minimum Gasteiger partial charge on any atom is -0.494 e. The van der Waals surface area contributed by atoms with Gasteiger partial charge in [-0.05, 0) is 71.9 Å². The van der Waals surface area contributed by atoms with Gasteiger partial charge in [0.15, 0.2) is 0 Å². The molecule has 0 saturated heterocycles. The monoisotopic (exact) mass is 396 g/mol. The predicted octanol–water partition coefficient (Wildman–Crippen LogP) is 4.86. The molecular formula is C22H28N4OS. The van der Waals surface area contributed by atoms with Gasteiger partial charge in [-0.2, -0.15) is 5.10 Å². The fraction of sp³-hybridized carbons (Fsp3) is 0.364. The Morgan fingerprint density at radius 1 is 1.11 bits per heavy atom. The smallest absolute Gasteiger partial charge is 0.206 e. The van der Waals surface area contributed by atoms with E-state index in [1.54, 1.807) is 11.3 Å². The van der Waals surface area contributed by atoms with Crippen molar-refractivity contribution in [2.75, 3.05) is 6.61 Å². The van der Waals surface area contributed by atoms with E-state index in [2.05, 4.69) is 67.8 Å². The highest BCUT2D eigenvalue weighted by Crippen LogP contribution is 2.22. The van der Waals surface area contributed by atoms with Crippen molar-refractivity contribution in [3.05, 3.63) is 63.2 Å². The minimum absolute atomic E-state index is 0.240. The molecule has 148 valence electrons. The molecule has 1 aromatic carbocycles. The molecule has 0 bridgehead atoms. The van der Waals surface area contributed by atoms with E-state index in [1.807, 2.05) is 29.9 Å². The van der Waals surface area contributed by atoms with Gasteiger partial charge < -0.3 is 9.30 Å². The molecule has 6 heteroatoms. The lowest BCUT2D eigenvalue weighted by Gasteiger charge is -2.11. The van der Waals surface area contributed by atoms with Crippen LogP contribution in [0.1, 0.15) is 43.4 Å². The molecule has 3 aromatic rings. The minimum atomic E-state index is 0.240. The third-order valence-electron chi connectivity index (χ3n) is 4.41. The van der Waals surface area contributed by atoms with E-state index in [1.165, 1.54) is 5.69 Å². The van der Waals surface area contributed by atoms with Gasteiger partial charge in [-0.15, -0.1) is 11.3 Å². The third-order valence-corrected chi connectivity index (χ3v) is 5.36. The van der Waals surface area contributed by atoms with Gasteiger partial charge in [0, 0.05) is 34.1 Å². The predicted molar refractivity (Wildman–Crippen MR) is 117 cm³/mol. The number of hydrogen-bond acceptors (Lipinski definition) is 4. The molecule has 3 rings (SSSR count). The molecule has 0 spiro atoms. The summed E-state index contributed by atoms with van der Waals surface area (Å²) in [7, 11) is 0. The summed E-state index contributed by atoms with van der Waals surface area (Å²) in [6, 6.07) is 10.6. The fourth-order valence-electron chi connectivity index (χ4n) is 3.13. The molecule has 0 aliphatic rings. The van der Waals surface area contributed by atoms with E-state index in [0.717, 1.165) is 33.2 Å². The van der Waals surface area contributed by atoms with Gasteiger partial charge >= 0.3 is 0 Å². The lowest BCUT2D eigenvalue weighted by molar-refractivity contribution is 0.340.